The minimum Gasteiger partial charge on any atom is -0.396 e. The van der Waals surface area contributed by atoms with Gasteiger partial charge in [0.1, 0.15) is 0 Å². The van der Waals surface area contributed by atoms with E-state index in [1.807, 2.05) is 0 Å². The van der Waals surface area contributed by atoms with Gasteiger partial charge in [-0.3, -0.25) is 0 Å². The van der Waals surface area contributed by atoms with Gasteiger partial charge in [0.25, 0.3) is 0 Å². The number of rotatable bonds is 13. The summed E-state index contributed by atoms with van der Waals surface area (Å²) < 4.78 is 12.3. The molecule has 116 valence electrons. The Morgan fingerprint density at radius 1 is 1.11 bits per heavy atom. The molecule has 0 radical (unpaired) electrons. The summed E-state index contributed by atoms with van der Waals surface area (Å²) in [7, 11) is -2.22. The van der Waals surface area contributed by atoms with Gasteiger partial charge in [-0.05, 0) is 48.8 Å². The van der Waals surface area contributed by atoms with Gasteiger partial charge in [0.15, 0.2) is 0 Å². The molecule has 0 fully saturated rings. The zero-order chi connectivity index (χ0) is 14.6. The Bertz CT molecular complexity index is 183. The van der Waals surface area contributed by atoms with Crippen LogP contribution in [0, 0.1) is 5.92 Å². The van der Waals surface area contributed by atoms with Gasteiger partial charge in [-0.1, -0.05) is 13.8 Å². The first-order valence-corrected chi connectivity index (χ1v) is 10.8. The number of aliphatic hydroxyl groups excluding tert-OH is 1. The van der Waals surface area contributed by atoms with Crippen molar-refractivity contribution < 1.29 is 14.0 Å². The normalized spacial score (nSPS) is 13.7. The molecule has 0 amide bonds. The number of hydrogen-bond acceptors (Lipinski definition) is 5. The van der Waals surface area contributed by atoms with Crippen LogP contribution in [-0.2, 0) is 8.85 Å². The monoisotopic (exact) mass is 326 g/mol. The predicted octanol–water partition coefficient (Wildman–Crippen LogP) is 3.14. The van der Waals surface area contributed by atoms with Crippen molar-refractivity contribution in [2.75, 3.05) is 31.3 Å². The van der Waals surface area contributed by atoms with E-state index in [2.05, 4.69) is 39.1 Å². The fraction of sp³-hybridized carbons (Fsp3) is 1.00. The highest BCUT2D eigenvalue weighted by molar-refractivity contribution is 7.80. The van der Waals surface area contributed by atoms with E-state index < -0.39 is 8.56 Å². The maximum Gasteiger partial charge on any atom is 0.338 e. The minimum atomic E-state index is -2.22. The molecule has 6 heteroatoms. The van der Waals surface area contributed by atoms with Crippen LogP contribution in [0.2, 0.25) is 12.1 Å². The third-order valence-corrected chi connectivity index (χ3v) is 7.58. The molecule has 3 nitrogen and oxygen atoms in total. The molecule has 0 rings (SSSR count). The molecule has 0 aromatic heterocycles. The fourth-order valence-corrected chi connectivity index (χ4v) is 6.73. The van der Waals surface area contributed by atoms with E-state index >= 15 is 0 Å². The van der Waals surface area contributed by atoms with Gasteiger partial charge >= 0.3 is 8.56 Å². The molecule has 0 saturated heterocycles. The Kier molecular flexibility index (Phi) is 13.1. The molecular formula is C13H30O3S2Si. The Balaban J connectivity index is 4.74. The summed E-state index contributed by atoms with van der Waals surface area (Å²) >= 11 is 8.61. The molecule has 0 aliphatic carbocycles. The van der Waals surface area contributed by atoms with Gasteiger partial charge in [0.05, 0.1) is 0 Å². The minimum absolute atomic E-state index is 0.157. The quantitative estimate of drug-likeness (QED) is 0.360. The lowest BCUT2D eigenvalue weighted by molar-refractivity contribution is 0.155. The smallest absolute Gasteiger partial charge is 0.338 e. The predicted molar refractivity (Wildman–Crippen MR) is 90.8 cm³/mol. The summed E-state index contributed by atoms with van der Waals surface area (Å²) in [5, 5.41) is 9.41. The van der Waals surface area contributed by atoms with Crippen LogP contribution >= 0.6 is 25.3 Å². The van der Waals surface area contributed by atoms with Crippen molar-refractivity contribution in [1.29, 1.82) is 0 Å². The number of thiol groups is 2. The maximum absolute atomic E-state index is 9.41. The first-order valence-electron chi connectivity index (χ1n) is 7.28. The standard InChI is InChI=1S/C13H30O3S2Si/c1-3-6-15-19(9-5-8-17,16-7-4-2)12-13(10-14)11-18/h13-14,17-18H,3-12H2,1-2H3. The van der Waals surface area contributed by atoms with Crippen LogP contribution in [0.15, 0.2) is 0 Å². The molecule has 0 aliphatic rings. The molecule has 1 unspecified atom stereocenters. The van der Waals surface area contributed by atoms with E-state index in [1.54, 1.807) is 0 Å². The second-order valence-corrected chi connectivity index (χ2v) is 8.99. The van der Waals surface area contributed by atoms with E-state index in [0.717, 1.165) is 50.3 Å². The molecular weight excluding hydrogens is 296 g/mol. The molecule has 1 atom stereocenters. The van der Waals surface area contributed by atoms with Crippen molar-refractivity contribution >= 4 is 33.8 Å². The Hall–Kier alpha value is 0.797. The SMILES string of the molecule is CCCO[Si](CCCS)(CC(CO)CS)OCCC. The van der Waals surface area contributed by atoms with E-state index in [0.29, 0.717) is 5.75 Å². The van der Waals surface area contributed by atoms with Gasteiger partial charge in [0.2, 0.25) is 0 Å². The average molecular weight is 327 g/mol. The van der Waals surface area contributed by atoms with Crippen LogP contribution in [0.4, 0.5) is 0 Å². The summed E-state index contributed by atoms with van der Waals surface area (Å²) in [6, 6.07) is 1.79. The second kappa shape index (κ2) is 12.5. The third kappa shape index (κ3) is 8.62. The zero-order valence-electron chi connectivity index (χ0n) is 12.3. The van der Waals surface area contributed by atoms with Gasteiger partial charge in [-0.2, -0.15) is 25.3 Å². The molecule has 0 saturated carbocycles. The van der Waals surface area contributed by atoms with Crippen molar-refractivity contribution in [2.24, 2.45) is 5.92 Å². The van der Waals surface area contributed by atoms with Crippen LogP contribution in [0.1, 0.15) is 33.1 Å². The highest BCUT2D eigenvalue weighted by atomic mass is 32.1. The van der Waals surface area contributed by atoms with Crippen LogP contribution in [0.5, 0.6) is 0 Å². The van der Waals surface area contributed by atoms with E-state index in [-0.39, 0.29) is 12.5 Å². The first kappa shape index (κ1) is 19.8. The topological polar surface area (TPSA) is 38.7 Å². The lowest BCUT2D eigenvalue weighted by atomic mass is 10.2. The van der Waals surface area contributed by atoms with Gasteiger partial charge in [0, 0.05) is 19.8 Å². The van der Waals surface area contributed by atoms with E-state index in [4.69, 9.17) is 8.85 Å². The van der Waals surface area contributed by atoms with Gasteiger partial charge in [-0.15, -0.1) is 0 Å². The third-order valence-electron chi connectivity index (χ3n) is 2.97. The van der Waals surface area contributed by atoms with Crippen molar-refractivity contribution in [3.63, 3.8) is 0 Å². The van der Waals surface area contributed by atoms with Gasteiger partial charge in [-0.25, -0.2) is 0 Å². The van der Waals surface area contributed by atoms with Crippen LogP contribution < -0.4 is 0 Å². The average Bonchev–Trinajstić information content (AvgIpc) is 2.45. The second-order valence-electron chi connectivity index (χ2n) is 4.87. The van der Waals surface area contributed by atoms with Crippen molar-refractivity contribution in [2.45, 2.75) is 45.2 Å². The summed E-state index contributed by atoms with van der Waals surface area (Å²) in [6.45, 7) is 5.87. The maximum atomic E-state index is 9.41. The molecule has 0 heterocycles. The summed E-state index contributed by atoms with van der Waals surface area (Å²) in [4.78, 5) is 0. The van der Waals surface area contributed by atoms with Crippen LogP contribution in [0.25, 0.3) is 0 Å². The van der Waals surface area contributed by atoms with Crippen LogP contribution in [-0.4, -0.2) is 45.0 Å². The molecule has 0 aliphatic heterocycles. The largest absolute Gasteiger partial charge is 0.396 e. The molecule has 0 aromatic carbocycles. The number of aliphatic hydroxyl groups is 1. The molecule has 1 N–H and O–H groups in total. The highest BCUT2D eigenvalue weighted by Crippen LogP contribution is 2.27. The van der Waals surface area contributed by atoms with Crippen LogP contribution in [0.3, 0.4) is 0 Å². The van der Waals surface area contributed by atoms with E-state index in [9.17, 15) is 5.11 Å². The Morgan fingerprint density at radius 2 is 1.68 bits per heavy atom. The molecule has 0 spiro atoms. The molecule has 0 bridgehead atoms. The summed E-state index contributed by atoms with van der Waals surface area (Å²) in [6.07, 6.45) is 3.00. The highest BCUT2D eigenvalue weighted by Gasteiger charge is 2.39. The fourth-order valence-electron chi connectivity index (χ4n) is 1.96. The summed E-state index contributed by atoms with van der Waals surface area (Å²) in [5.74, 6) is 1.70. The van der Waals surface area contributed by atoms with Crippen molar-refractivity contribution in [3.8, 4) is 0 Å². The Labute approximate surface area is 130 Å². The first-order chi connectivity index (χ1) is 9.17. The summed E-state index contributed by atoms with van der Waals surface area (Å²) in [5.41, 5.74) is 0. The van der Waals surface area contributed by atoms with Gasteiger partial charge < -0.3 is 14.0 Å². The van der Waals surface area contributed by atoms with E-state index in [1.165, 1.54) is 0 Å². The lowest BCUT2D eigenvalue weighted by Gasteiger charge is -2.33. The lowest BCUT2D eigenvalue weighted by Crippen LogP contribution is -2.45. The van der Waals surface area contributed by atoms with Crippen molar-refractivity contribution in [3.05, 3.63) is 0 Å². The van der Waals surface area contributed by atoms with Crippen molar-refractivity contribution in [1.82, 2.24) is 0 Å². The molecule has 19 heavy (non-hydrogen) atoms. The Morgan fingerprint density at radius 3 is 2.05 bits per heavy atom. The number of hydrogen-bond donors (Lipinski definition) is 3. The zero-order valence-corrected chi connectivity index (χ0v) is 15.1. The molecule has 0 aromatic rings.